The molecule has 0 amide bonds. The van der Waals surface area contributed by atoms with Gasteiger partial charge in [0.2, 0.25) is 0 Å². The molecule has 0 heterocycles. The first-order valence-corrected chi connectivity index (χ1v) is 6.94. The highest BCUT2D eigenvalue weighted by atomic mass is 16.5. The number of carbonyl (C=O) groups is 2. The lowest BCUT2D eigenvalue weighted by molar-refractivity contribution is -0.107. The zero-order valence-corrected chi connectivity index (χ0v) is 12.3. The molecule has 0 aliphatic carbocycles. The SMILES string of the molecule is CC.[3H]C(=O)Cc1ccc(COC(=O)c2ccccc2)cc1. The molecule has 3 nitrogen and oxygen atoms in total. The number of benzene rings is 2. The smallest absolute Gasteiger partial charge is 0.338 e. The molecule has 0 aromatic heterocycles. The van der Waals surface area contributed by atoms with E-state index in [9.17, 15) is 9.59 Å². The number of hydrogen-bond donors (Lipinski definition) is 0. The van der Waals surface area contributed by atoms with E-state index in [0.29, 0.717) is 5.56 Å². The van der Waals surface area contributed by atoms with E-state index in [1.165, 1.54) is 0 Å². The molecule has 0 aliphatic heterocycles. The number of hydrogen-bond acceptors (Lipinski definition) is 3. The normalized spacial score (nSPS) is 9.90. The van der Waals surface area contributed by atoms with Gasteiger partial charge in [-0.25, -0.2) is 4.79 Å². The molecule has 0 unspecified atom stereocenters. The van der Waals surface area contributed by atoms with Gasteiger partial charge >= 0.3 is 5.97 Å². The minimum absolute atomic E-state index is 0.101. The topological polar surface area (TPSA) is 43.4 Å². The van der Waals surface area contributed by atoms with Crippen molar-refractivity contribution in [1.82, 2.24) is 0 Å². The standard InChI is InChI=1S/C16H14O3.C2H6/c17-11-10-13-6-8-14(9-7-13)12-19-16(18)15-4-2-1-3-5-15;1-2/h1-9,11H,10,12H2;1-2H3/i11T;. The van der Waals surface area contributed by atoms with Crippen molar-refractivity contribution in [3.8, 4) is 0 Å². The van der Waals surface area contributed by atoms with Gasteiger partial charge in [-0.05, 0) is 23.3 Å². The molecule has 2 rings (SSSR count). The van der Waals surface area contributed by atoms with Gasteiger partial charge in [-0.2, -0.15) is 0 Å². The van der Waals surface area contributed by atoms with Crippen LogP contribution in [0.2, 0.25) is 0 Å². The van der Waals surface area contributed by atoms with E-state index in [1.807, 2.05) is 19.9 Å². The Morgan fingerprint density at radius 3 is 2.19 bits per heavy atom. The van der Waals surface area contributed by atoms with Crippen molar-refractivity contribution in [2.75, 3.05) is 0 Å². The molecule has 0 spiro atoms. The third-order valence-corrected chi connectivity index (χ3v) is 2.68. The average Bonchev–Trinajstić information content (AvgIpc) is 2.56. The number of carbonyl (C=O) groups excluding carboxylic acids is 2. The Morgan fingerprint density at radius 1 is 1.05 bits per heavy atom. The number of rotatable bonds is 5. The number of ether oxygens (including phenoxy) is 1. The van der Waals surface area contributed by atoms with E-state index < -0.39 is 6.26 Å². The van der Waals surface area contributed by atoms with Crippen LogP contribution in [0.5, 0.6) is 0 Å². The monoisotopic (exact) mass is 286 g/mol. The minimum Gasteiger partial charge on any atom is -0.457 e. The van der Waals surface area contributed by atoms with E-state index in [-0.39, 0.29) is 19.0 Å². The van der Waals surface area contributed by atoms with Gasteiger partial charge in [-0.3, -0.25) is 0 Å². The predicted octanol–water partition coefficient (Wildman–Crippen LogP) is 3.81. The average molecular weight is 286 g/mol. The largest absolute Gasteiger partial charge is 0.457 e. The van der Waals surface area contributed by atoms with E-state index in [1.54, 1.807) is 48.5 Å². The lowest BCUT2D eigenvalue weighted by Gasteiger charge is -2.05. The van der Waals surface area contributed by atoms with Crippen molar-refractivity contribution in [3.63, 3.8) is 0 Å². The molecule has 0 atom stereocenters. The van der Waals surface area contributed by atoms with Gasteiger partial charge in [0, 0.05) is 6.42 Å². The fourth-order valence-corrected chi connectivity index (χ4v) is 1.64. The molecule has 0 saturated carbocycles. The predicted molar refractivity (Wildman–Crippen MR) is 83.1 cm³/mol. The van der Waals surface area contributed by atoms with Crippen molar-refractivity contribution < 1.29 is 15.7 Å². The molecule has 0 aliphatic rings. The van der Waals surface area contributed by atoms with Crippen LogP contribution in [0, 0.1) is 0 Å². The fourth-order valence-electron chi connectivity index (χ4n) is 1.64. The second-order valence-electron chi connectivity index (χ2n) is 4.08. The summed E-state index contributed by atoms with van der Waals surface area (Å²) in [5.41, 5.74) is 2.14. The third kappa shape index (κ3) is 5.61. The Balaban J connectivity index is 0.00000116. The molecule has 2 aromatic rings. The quantitative estimate of drug-likeness (QED) is 0.620. The summed E-state index contributed by atoms with van der Waals surface area (Å²) in [5, 5.41) is 0. The first-order chi connectivity index (χ1) is 10.6. The Labute approximate surface area is 127 Å². The molecular weight excluding hydrogens is 264 g/mol. The highest BCUT2D eigenvalue weighted by Crippen LogP contribution is 2.08. The number of aldehydes is 1. The Bertz CT molecular complexity index is 591. The molecule has 0 bridgehead atoms. The van der Waals surface area contributed by atoms with Crippen LogP contribution in [0.1, 0.15) is 36.7 Å². The van der Waals surface area contributed by atoms with Gasteiger partial charge in [0.15, 0.2) is 0 Å². The lowest BCUT2D eigenvalue weighted by Crippen LogP contribution is -2.04. The van der Waals surface area contributed by atoms with Crippen LogP contribution >= 0.6 is 0 Å². The summed E-state index contributed by atoms with van der Waals surface area (Å²) in [6.07, 6.45) is -0.516. The highest BCUT2D eigenvalue weighted by molar-refractivity contribution is 5.89. The molecule has 0 radical (unpaired) electrons. The van der Waals surface area contributed by atoms with Crippen molar-refractivity contribution in [2.45, 2.75) is 26.9 Å². The molecule has 3 heteroatoms. The van der Waals surface area contributed by atoms with Crippen molar-refractivity contribution in [1.29, 1.82) is 0 Å². The summed E-state index contributed by atoms with van der Waals surface area (Å²) in [6.45, 7) is 4.18. The Hall–Kier alpha value is -2.42. The fraction of sp³-hybridized carbons (Fsp3) is 0.222. The zero-order chi connectivity index (χ0) is 16.4. The van der Waals surface area contributed by atoms with Crippen LogP contribution in [0.25, 0.3) is 0 Å². The molecular formula is C18H20O3. The zero-order valence-electron chi connectivity index (χ0n) is 13.3. The van der Waals surface area contributed by atoms with Crippen molar-refractivity contribution in [3.05, 3.63) is 71.3 Å². The summed E-state index contributed by atoms with van der Waals surface area (Å²) < 4.78 is 12.1. The third-order valence-electron chi connectivity index (χ3n) is 2.68. The maximum Gasteiger partial charge on any atom is 0.338 e. The van der Waals surface area contributed by atoms with E-state index in [2.05, 4.69) is 0 Å². The van der Waals surface area contributed by atoms with E-state index in [0.717, 1.165) is 11.1 Å². The maximum atomic E-state index is 11.7. The van der Waals surface area contributed by atoms with Gasteiger partial charge in [-0.1, -0.05) is 56.3 Å². The van der Waals surface area contributed by atoms with Crippen LogP contribution in [0.15, 0.2) is 54.6 Å². The van der Waals surface area contributed by atoms with Crippen molar-refractivity contribution >= 4 is 12.2 Å². The van der Waals surface area contributed by atoms with Gasteiger partial charge < -0.3 is 9.53 Å². The second-order valence-corrected chi connectivity index (χ2v) is 4.08. The Kier molecular flexibility index (Phi) is 6.76. The van der Waals surface area contributed by atoms with Gasteiger partial charge in [0.25, 0.3) is 0 Å². The summed E-state index contributed by atoms with van der Waals surface area (Å²) >= 11 is 0. The highest BCUT2D eigenvalue weighted by Gasteiger charge is 2.05. The first kappa shape index (κ1) is 15.0. The van der Waals surface area contributed by atoms with Crippen molar-refractivity contribution in [2.24, 2.45) is 0 Å². The molecule has 110 valence electrons. The summed E-state index contributed by atoms with van der Waals surface area (Å²) in [4.78, 5) is 22.4. The Morgan fingerprint density at radius 2 is 1.62 bits per heavy atom. The van der Waals surface area contributed by atoms with Crippen LogP contribution in [-0.4, -0.2) is 12.2 Å². The number of esters is 1. The van der Waals surface area contributed by atoms with E-state index in [4.69, 9.17) is 6.11 Å². The second kappa shape index (κ2) is 9.48. The van der Waals surface area contributed by atoms with Crippen LogP contribution in [0.4, 0.5) is 0 Å². The lowest BCUT2D eigenvalue weighted by atomic mass is 10.1. The molecule has 0 saturated heterocycles. The maximum absolute atomic E-state index is 11.7. The summed E-state index contributed by atoms with van der Waals surface area (Å²) in [6, 6.07) is 15.9. The first-order valence-electron chi connectivity index (χ1n) is 7.44. The van der Waals surface area contributed by atoms with Gasteiger partial charge in [-0.15, -0.1) is 0 Å². The van der Waals surface area contributed by atoms with Crippen LogP contribution in [0.3, 0.4) is 0 Å². The molecule has 2 aromatic carbocycles. The molecule has 0 N–H and O–H groups in total. The van der Waals surface area contributed by atoms with Gasteiger partial charge in [0.05, 0.1) is 5.56 Å². The van der Waals surface area contributed by atoms with E-state index >= 15 is 0 Å². The summed E-state index contributed by atoms with van der Waals surface area (Å²) in [5.74, 6) is -0.365. The van der Waals surface area contributed by atoms with Gasteiger partial charge in [0.1, 0.15) is 14.2 Å². The van der Waals surface area contributed by atoms with Crippen LogP contribution < -0.4 is 0 Å². The summed E-state index contributed by atoms with van der Waals surface area (Å²) in [7, 11) is 0. The van der Waals surface area contributed by atoms with Crippen LogP contribution in [-0.2, 0) is 22.6 Å². The molecule has 21 heavy (non-hydrogen) atoms. The molecule has 0 fully saturated rings. The minimum atomic E-state index is -0.617.